The second-order valence-electron chi connectivity index (χ2n) is 7.13. The first-order valence-electron chi connectivity index (χ1n) is 8.78. The Hall–Kier alpha value is -1.82. The topological polar surface area (TPSA) is 34.6 Å². The Balaban J connectivity index is 1.71. The summed E-state index contributed by atoms with van der Waals surface area (Å²) in [6, 6.07) is 4.84. The lowest BCUT2D eigenvalue weighted by atomic mass is 10.1. The maximum absolute atomic E-state index is 6.47. The second-order valence-corrected chi connectivity index (χ2v) is 7.56. The predicted octanol–water partition coefficient (Wildman–Crippen LogP) is 2.88. The van der Waals surface area contributed by atoms with Crippen LogP contribution in [-0.4, -0.2) is 53.8 Å². The molecule has 6 heteroatoms. The molecule has 0 amide bonds. The van der Waals surface area contributed by atoms with Gasteiger partial charge in [0.15, 0.2) is 0 Å². The summed E-state index contributed by atoms with van der Waals surface area (Å²) >= 11 is 6.47. The fourth-order valence-corrected chi connectivity index (χ4v) is 4.08. The summed E-state index contributed by atoms with van der Waals surface area (Å²) in [5.74, 6) is 0.965. The minimum atomic E-state index is 0.439. The van der Waals surface area contributed by atoms with Gasteiger partial charge in [0.1, 0.15) is 5.82 Å². The highest BCUT2D eigenvalue weighted by Crippen LogP contribution is 2.34. The van der Waals surface area contributed by atoms with E-state index in [4.69, 9.17) is 16.6 Å². The summed E-state index contributed by atoms with van der Waals surface area (Å²) in [6.45, 7) is 7.13. The van der Waals surface area contributed by atoms with Gasteiger partial charge in [0.2, 0.25) is 0 Å². The van der Waals surface area contributed by atoms with Crippen LogP contribution in [0.15, 0.2) is 42.3 Å². The van der Waals surface area contributed by atoms with Gasteiger partial charge in [-0.25, -0.2) is 9.99 Å². The van der Waals surface area contributed by atoms with Gasteiger partial charge in [-0.05, 0) is 38.1 Å². The van der Waals surface area contributed by atoms with E-state index in [1.54, 1.807) is 0 Å². The van der Waals surface area contributed by atoms with E-state index in [-0.39, 0.29) is 0 Å². The van der Waals surface area contributed by atoms with E-state index < -0.39 is 0 Å². The zero-order valence-electron chi connectivity index (χ0n) is 14.9. The minimum Gasteiger partial charge on any atom is -0.353 e. The molecule has 1 N–H and O–H groups in total. The van der Waals surface area contributed by atoms with Gasteiger partial charge in [0.05, 0.1) is 11.4 Å². The van der Waals surface area contributed by atoms with Crippen molar-refractivity contribution in [2.75, 3.05) is 31.6 Å². The zero-order valence-corrected chi connectivity index (χ0v) is 15.7. The van der Waals surface area contributed by atoms with Gasteiger partial charge < -0.3 is 10.2 Å². The first kappa shape index (κ1) is 16.6. The van der Waals surface area contributed by atoms with Crippen molar-refractivity contribution in [3.8, 4) is 0 Å². The predicted molar refractivity (Wildman–Crippen MR) is 103 cm³/mol. The molecule has 0 aliphatic carbocycles. The molecule has 132 valence electrons. The number of aromatic nitrogens is 1. The standard InChI is InChI=1S/C19H24ClN5/c1-13-10-24(11-14(2)21-13)19-9-15(20)8-17(22-19)16-12-23(3)25-7-5-4-6-18(16)25/h4-9,13-14,21H,10-12H2,1-3H3/t13-,14+. The number of hydrazine groups is 1. The van der Waals surface area contributed by atoms with E-state index in [0.717, 1.165) is 36.2 Å². The smallest absolute Gasteiger partial charge is 0.130 e. The molecule has 1 saturated heterocycles. The molecule has 0 saturated carbocycles. The van der Waals surface area contributed by atoms with Gasteiger partial charge in [-0.15, -0.1) is 0 Å². The fraction of sp³-hybridized carbons (Fsp3) is 0.421. The molecule has 0 aromatic carbocycles. The zero-order chi connectivity index (χ0) is 17.6. The van der Waals surface area contributed by atoms with E-state index in [2.05, 4.69) is 59.5 Å². The first-order chi connectivity index (χ1) is 12.0. The highest BCUT2D eigenvalue weighted by molar-refractivity contribution is 6.31. The number of anilines is 1. The van der Waals surface area contributed by atoms with Crippen molar-refractivity contribution in [1.82, 2.24) is 20.3 Å². The molecule has 2 atom stereocenters. The van der Waals surface area contributed by atoms with Crippen LogP contribution in [0.3, 0.4) is 0 Å². The number of pyridine rings is 1. The largest absolute Gasteiger partial charge is 0.353 e. The maximum atomic E-state index is 6.47. The van der Waals surface area contributed by atoms with Crippen LogP contribution < -0.4 is 10.2 Å². The van der Waals surface area contributed by atoms with Crippen molar-refractivity contribution in [3.63, 3.8) is 0 Å². The molecule has 0 unspecified atom stereocenters. The van der Waals surface area contributed by atoms with Gasteiger partial charge in [-0.3, -0.25) is 5.01 Å². The summed E-state index contributed by atoms with van der Waals surface area (Å²) in [7, 11) is 2.08. The van der Waals surface area contributed by atoms with Crippen molar-refractivity contribution in [3.05, 3.63) is 53.0 Å². The van der Waals surface area contributed by atoms with Crippen molar-refractivity contribution in [1.29, 1.82) is 0 Å². The summed E-state index contributed by atoms with van der Waals surface area (Å²) < 4.78 is 0. The molecule has 3 aliphatic heterocycles. The Kier molecular flexibility index (Phi) is 4.31. The number of nitrogens with zero attached hydrogens (tertiary/aromatic N) is 4. The molecule has 25 heavy (non-hydrogen) atoms. The van der Waals surface area contributed by atoms with E-state index in [9.17, 15) is 0 Å². The Morgan fingerprint density at radius 1 is 1.16 bits per heavy atom. The van der Waals surface area contributed by atoms with Crippen LogP contribution >= 0.6 is 11.6 Å². The molecular formula is C19H24ClN5. The Morgan fingerprint density at radius 3 is 2.68 bits per heavy atom. The lowest BCUT2D eigenvalue weighted by Gasteiger charge is -2.37. The van der Waals surface area contributed by atoms with Gasteiger partial charge in [0.25, 0.3) is 0 Å². The summed E-state index contributed by atoms with van der Waals surface area (Å²) in [4.78, 5) is 7.31. The Bertz CT molecular complexity index is 759. The fourth-order valence-electron chi connectivity index (χ4n) is 3.88. The molecule has 1 aromatic rings. The molecule has 4 rings (SSSR count). The number of fused-ring (bicyclic) bond motifs is 1. The summed E-state index contributed by atoms with van der Waals surface area (Å²) in [5.41, 5.74) is 3.35. The number of rotatable bonds is 2. The average molecular weight is 358 g/mol. The number of hydrogen-bond acceptors (Lipinski definition) is 5. The molecule has 4 heterocycles. The number of halogens is 1. The first-order valence-corrected chi connectivity index (χ1v) is 9.16. The minimum absolute atomic E-state index is 0.439. The SMILES string of the molecule is C[C@@H]1CN(c2cc(Cl)cc(C3=C4C=CC=CN4N(C)C3)n2)C[C@H](C)N1. The normalized spacial score (nSPS) is 26.6. The highest BCUT2D eigenvalue weighted by Gasteiger charge is 2.28. The summed E-state index contributed by atoms with van der Waals surface area (Å²) in [6.07, 6.45) is 8.32. The van der Waals surface area contributed by atoms with Gasteiger partial charge in [-0.2, -0.15) is 0 Å². The number of piperazine rings is 1. The molecule has 3 aliphatic rings. The van der Waals surface area contributed by atoms with E-state index in [1.807, 2.05) is 18.2 Å². The van der Waals surface area contributed by atoms with Crippen molar-refractivity contribution >= 4 is 23.0 Å². The summed E-state index contributed by atoms with van der Waals surface area (Å²) in [5, 5.41) is 8.65. The van der Waals surface area contributed by atoms with Crippen LogP contribution in [0, 0.1) is 0 Å². The maximum Gasteiger partial charge on any atom is 0.130 e. The van der Waals surface area contributed by atoms with Crippen LogP contribution in [0.5, 0.6) is 0 Å². The number of hydrogen-bond donors (Lipinski definition) is 1. The molecular weight excluding hydrogens is 334 g/mol. The molecule has 0 bridgehead atoms. The molecule has 1 aromatic heterocycles. The third kappa shape index (κ3) is 3.19. The van der Waals surface area contributed by atoms with E-state index in [0.29, 0.717) is 12.1 Å². The van der Waals surface area contributed by atoms with Crippen molar-refractivity contribution in [2.24, 2.45) is 0 Å². The van der Waals surface area contributed by atoms with Crippen LogP contribution in [0.25, 0.3) is 5.57 Å². The van der Waals surface area contributed by atoms with Crippen molar-refractivity contribution in [2.45, 2.75) is 25.9 Å². The number of likely N-dealkylation sites (N-methyl/N-ethyl adjacent to an activating group) is 1. The Morgan fingerprint density at radius 2 is 1.92 bits per heavy atom. The lowest BCUT2D eigenvalue weighted by molar-refractivity contribution is 0.132. The monoisotopic (exact) mass is 357 g/mol. The van der Waals surface area contributed by atoms with Crippen LogP contribution in [0.4, 0.5) is 5.82 Å². The van der Waals surface area contributed by atoms with Gasteiger partial charge in [-0.1, -0.05) is 17.7 Å². The molecule has 5 nitrogen and oxygen atoms in total. The third-order valence-electron chi connectivity index (χ3n) is 4.87. The van der Waals surface area contributed by atoms with E-state index >= 15 is 0 Å². The van der Waals surface area contributed by atoms with Crippen molar-refractivity contribution < 1.29 is 0 Å². The Labute approximate surface area is 154 Å². The molecule has 0 radical (unpaired) electrons. The second kappa shape index (κ2) is 6.48. The van der Waals surface area contributed by atoms with Crippen LogP contribution in [-0.2, 0) is 0 Å². The highest BCUT2D eigenvalue weighted by atomic mass is 35.5. The van der Waals surface area contributed by atoms with E-state index in [1.165, 1.54) is 11.3 Å². The quantitative estimate of drug-likeness (QED) is 0.880. The molecule has 1 fully saturated rings. The average Bonchev–Trinajstić information content (AvgIpc) is 2.91. The van der Waals surface area contributed by atoms with Gasteiger partial charge >= 0.3 is 0 Å². The van der Waals surface area contributed by atoms with Crippen LogP contribution in [0.2, 0.25) is 5.02 Å². The lowest BCUT2D eigenvalue weighted by Crippen LogP contribution is -2.54. The number of allylic oxidation sites excluding steroid dienone is 3. The van der Waals surface area contributed by atoms with Gasteiger partial charge in [0, 0.05) is 55.6 Å². The van der Waals surface area contributed by atoms with Crippen LogP contribution in [0.1, 0.15) is 19.5 Å². The third-order valence-corrected chi connectivity index (χ3v) is 5.09. The number of nitrogens with one attached hydrogen (secondary N) is 1. The molecule has 0 spiro atoms.